The molecule has 90 valence electrons. The van der Waals surface area contributed by atoms with Crippen LogP contribution >= 0.6 is 0 Å². The predicted molar refractivity (Wildman–Crippen MR) is 70.7 cm³/mol. The van der Waals surface area contributed by atoms with E-state index < -0.39 is 6.10 Å². The molecule has 0 saturated carbocycles. The Morgan fingerprint density at radius 1 is 1.24 bits per heavy atom. The molecule has 0 spiro atoms. The smallest absolute Gasteiger partial charge is 0.122 e. The number of hydrogen-bond acceptors (Lipinski definition) is 3. The fraction of sp³-hybridized carbons (Fsp3) is 0.214. The van der Waals surface area contributed by atoms with E-state index in [4.69, 9.17) is 10.8 Å². The van der Waals surface area contributed by atoms with E-state index in [1.807, 2.05) is 30.3 Å². The quantitative estimate of drug-likeness (QED) is 0.616. The highest BCUT2D eigenvalue weighted by Crippen LogP contribution is 2.15. The third-order valence-electron chi connectivity index (χ3n) is 2.21. The van der Waals surface area contributed by atoms with Crippen LogP contribution in [0.2, 0.25) is 0 Å². The van der Waals surface area contributed by atoms with Crippen molar-refractivity contribution in [2.45, 2.75) is 19.4 Å². The highest BCUT2D eigenvalue weighted by Gasteiger charge is 1.90. The first-order valence-electron chi connectivity index (χ1n) is 5.49. The molecule has 0 aliphatic rings. The van der Waals surface area contributed by atoms with Crippen molar-refractivity contribution in [2.24, 2.45) is 0 Å². The van der Waals surface area contributed by atoms with Crippen LogP contribution in [0, 0.1) is 0 Å². The molecule has 3 heteroatoms. The summed E-state index contributed by atoms with van der Waals surface area (Å²) in [6.07, 6.45) is 0.479. The summed E-state index contributed by atoms with van der Waals surface area (Å²) in [6.45, 7) is 1.58. The molecule has 0 amide bonds. The molecule has 0 heterocycles. The van der Waals surface area contributed by atoms with Gasteiger partial charge < -0.3 is 15.6 Å². The van der Waals surface area contributed by atoms with E-state index in [2.05, 4.69) is 12.1 Å². The standard InChI is InChI=1S/C10H9N.C4H8O2/c11-10-6-5-8-3-1-2-4-9(8)7-10;1-4(6)2-3-5/h1-7H,11H2;3-4,6H,2H2,1H3. The highest BCUT2D eigenvalue weighted by atomic mass is 16.3. The van der Waals surface area contributed by atoms with E-state index >= 15 is 0 Å². The van der Waals surface area contributed by atoms with Crippen LogP contribution in [0.25, 0.3) is 10.8 Å². The molecule has 1 atom stereocenters. The zero-order valence-corrected chi connectivity index (χ0v) is 9.84. The number of rotatable bonds is 2. The molecule has 0 bridgehead atoms. The summed E-state index contributed by atoms with van der Waals surface area (Å²) in [7, 11) is 0. The average molecular weight is 231 g/mol. The Morgan fingerprint density at radius 3 is 2.41 bits per heavy atom. The van der Waals surface area contributed by atoms with Gasteiger partial charge in [0.15, 0.2) is 0 Å². The van der Waals surface area contributed by atoms with Gasteiger partial charge in [-0.25, -0.2) is 0 Å². The largest absolute Gasteiger partial charge is 0.399 e. The van der Waals surface area contributed by atoms with Crippen LogP contribution in [0.1, 0.15) is 13.3 Å². The van der Waals surface area contributed by atoms with E-state index in [0.29, 0.717) is 6.29 Å². The van der Waals surface area contributed by atoms with E-state index in [9.17, 15) is 4.79 Å². The number of nitrogen functional groups attached to an aromatic ring is 1. The van der Waals surface area contributed by atoms with Gasteiger partial charge in [-0.2, -0.15) is 0 Å². The summed E-state index contributed by atoms with van der Waals surface area (Å²) in [5.41, 5.74) is 6.45. The van der Waals surface area contributed by atoms with Crippen molar-refractivity contribution in [2.75, 3.05) is 5.73 Å². The molecule has 1 unspecified atom stereocenters. The molecule has 2 aromatic rings. The Morgan fingerprint density at radius 2 is 1.88 bits per heavy atom. The zero-order chi connectivity index (χ0) is 12.7. The number of fused-ring (bicyclic) bond motifs is 1. The topological polar surface area (TPSA) is 63.3 Å². The molecule has 0 aromatic heterocycles. The Kier molecular flexibility index (Phi) is 5.17. The van der Waals surface area contributed by atoms with E-state index in [-0.39, 0.29) is 6.42 Å². The summed E-state index contributed by atoms with van der Waals surface area (Å²) in [6, 6.07) is 14.1. The normalized spacial score (nSPS) is 11.4. The van der Waals surface area contributed by atoms with Gasteiger partial charge in [-0.3, -0.25) is 0 Å². The van der Waals surface area contributed by atoms with Crippen LogP contribution in [0.5, 0.6) is 0 Å². The van der Waals surface area contributed by atoms with Crippen LogP contribution in [0.3, 0.4) is 0 Å². The minimum absolute atomic E-state index is 0.250. The lowest BCUT2D eigenvalue weighted by molar-refractivity contribution is -0.109. The van der Waals surface area contributed by atoms with Crippen molar-refractivity contribution in [1.82, 2.24) is 0 Å². The lowest BCUT2D eigenvalue weighted by Gasteiger charge is -1.96. The number of carbonyl (C=O) groups is 1. The van der Waals surface area contributed by atoms with Crippen molar-refractivity contribution in [3.05, 3.63) is 42.5 Å². The minimum Gasteiger partial charge on any atom is -0.399 e. The van der Waals surface area contributed by atoms with Crippen molar-refractivity contribution in [1.29, 1.82) is 0 Å². The van der Waals surface area contributed by atoms with Crippen molar-refractivity contribution < 1.29 is 9.90 Å². The van der Waals surface area contributed by atoms with E-state index in [1.165, 1.54) is 10.8 Å². The zero-order valence-electron chi connectivity index (χ0n) is 9.84. The molecule has 2 rings (SSSR count). The maximum atomic E-state index is 9.46. The van der Waals surface area contributed by atoms with Gasteiger partial charge in [0, 0.05) is 12.1 Å². The summed E-state index contributed by atoms with van der Waals surface area (Å²) in [5, 5.41) is 10.8. The average Bonchev–Trinajstić information content (AvgIpc) is 2.29. The third kappa shape index (κ3) is 4.66. The second-order valence-electron chi connectivity index (χ2n) is 3.86. The molecule has 0 aliphatic heterocycles. The highest BCUT2D eigenvalue weighted by molar-refractivity contribution is 5.85. The van der Waals surface area contributed by atoms with Crippen molar-refractivity contribution >= 4 is 22.7 Å². The first kappa shape index (κ1) is 13.2. The van der Waals surface area contributed by atoms with Crippen molar-refractivity contribution in [3.8, 4) is 0 Å². The first-order valence-corrected chi connectivity index (χ1v) is 5.49. The molecular weight excluding hydrogens is 214 g/mol. The van der Waals surface area contributed by atoms with Crippen LogP contribution in [0.4, 0.5) is 5.69 Å². The molecule has 0 saturated heterocycles. The van der Waals surface area contributed by atoms with Crippen LogP contribution in [0.15, 0.2) is 42.5 Å². The Hall–Kier alpha value is -1.87. The van der Waals surface area contributed by atoms with Crippen LogP contribution in [-0.4, -0.2) is 17.5 Å². The number of hydrogen-bond donors (Lipinski definition) is 2. The summed E-state index contributed by atoms with van der Waals surface area (Å²) < 4.78 is 0. The van der Waals surface area contributed by atoms with Crippen LogP contribution in [-0.2, 0) is 4.79 Å². The fourth-order valence-corrected chi connectivity index (χ4v) is 1.35. The molecule has 2 aromatic carbocycles. The van der Waals surface area contributed by atoms with Gasteiger partial charge in [-0.1, -0.05) is 30.3 Å². The van der Waals surface area contributed by atoms with Gasteiger partial charge >= 0.3 is 0 Å². The maximum Gasteiger partial charge on any atom is 0.122 e. The molecule has 0 radical (unpaired) electrons. The summed E-state index contributed by atoms with van der Waals surface area (Å²) >= 11 is 0. The molecular formula is C14H17NO2. The number of aliphatic hydroxyl groups excluding tert-OH is 1. The molecule has 0 aliphatic carbocycles. The van der Waals surface area contributed by atoms with E-state index in [0.717, 1.165) is 5.69 Å². The Labute approximate surface area is 101 Å². The van der Waals surface area contributed by atoms with Gasteiger partial charge in [-0.15, -0.1) is 0 Å². The lowest BCUT2D eigenvalue weighted by atomic mass is 10.1. The molecule has 3 N–H and O–H groups in total. The van der Waals surface area contributed by atoms with Crippen LogP contribution < -0.4 is 5.73 Å². The molecule has 17 heavy (non-hydrogen) atoms. The summed E-state index contributed by atoms with van der Waals surface area (Å²) in [5.74, 6) is 0. The second kappa shape index (κ2) is 6.66. The van der Waals surface area contributed by atoms with Gasteiger partial charge in [0.2, 0.25) is 0 Å². The van der Waals surface area contributed by atoms with Gasteiger partial charge in [0.1, 0.15) is 6.29 Å². The van der Waals surface area contributed by atoms with Gasteiger partial charge in [-0.05, 0) is 29.8 Å². The van der Waals surface area contributed by atoms with E-state index in [1.54, 1.807) is 6.92 Å². The monoisotopic (exact) mass is 231 g/mol. The SMILES string of the molecule is CC(O)CC=O.Nc1ccc2ccccc2c1. The number of aldehydes is 1. The van der Waals surface area contributed by atoms with Crippen molar-refractivity contribution in [3.63, 3.8) is 0 Å². The maximum absolute atomic E-state index is 9.46. The number of aliphatic hydroxyl groups is 1. The number of carbonyl (C=O) groups excluding carboxylic acids is 1. The molecule has 0 fully saturated rings. The Balaban J connectivity index is 0.000000209. The molecule has 3 nitrogen and oxygen atoms in total. The fourth-order valence-electron chi connectivity index (χ4n) is 1.35. The minimum atomic E-state index is -0.470. The first-order chi connectivity index (χ1) is 8.13. The number of anilines is 1. The van der Waals surface area contributed by atoms with Gasteiger partial charge in [0.25, 0.3) is 0 Å². The second-order valence-corrected chi connectivity index (χ2v) is 3.86. The Bertz CT molecular complexity index is 480. The third-order valence-corrected chi connectivity index (χ3v) is 2.21. The number of benzene rings is 2. The predicted octanol–water partition coefficient (Wildman–Crippen LogP) is 2.38. The van der Waals surface area contributed by atoms with Gasteiger partial charge in [0.05, 0.1) is 6.10 Å². The summed E-state index contributed by atoms with van der Waals surface area (Å²) in [4.78, 5) is 9.46. The number of nitrogens with two attached hydrogens (primary N) is 1. The lowest BCUT2D eigenvalue weighted by Crippen LogP contribution is -1.97.